The molecule has 1 aliphatic carbocycles. The predicted octanol–water partition coefficient (Wildman–Crippen LogP) is 7.43. The molecule has 0 amide bonds. The van der Waals surface area contributed by atoms with Crippen LogP contribution in [0.3, 0.4) is 0 Å². The van der Waals surface area contributed by atoms with E-state index < -0.39 is 23.6 Å². The van der Waals surface area contributed by atoms with E-state index in [1.807, 2.05) is 12.2 Å². The smallest absolute Gasteiger partial charge is 0.0809 e. The van der Waals surface area contributed by atoms with Crippen molar-refractivity contribution >= 4 is 30.3 Å². The Balaban J connectivity index is 0. The van der Waals surface area contributed by atoms with Crippen molar-refractivity contribution in [2.45, 2.75) is 6.42 Å². The van der Waals surface area contributed by atoms with Gasteiger partial charge in [-0.2, -0.15) is 23.6 Å². The molecule has 0 unspecified atom stereocenters. The van der Waals surface area contributed by atoms with E-state index in [9.17, 15) is 18.4 Å². The van der Waals surface area contributed by atoms with E-state index in [1.54, 1.807) is 19.2 Å². The second kappa shape index (κ2) is 21.6. The van der Waals surface area contributed by atoms with Crippen molar-refractivity contribution in [2.75, 3.05) is 0 Å². The molecular weight excluding hydrogens is 538 g/mol. The number of allylic oxidation sites excluding steroid dienone is 4. The van der Waals surface area contributed by atoms with Crippen LogP contribution < -0.4 is 0 Å². The van der Waals surface area contributed by atoms with Crippen molar-refractivity contribution in [3.63, 3.8) is 0 Å². The predicted molar refractivity (Wildman–Crippen MR) is 146 cm³/mol. The average molecular weight is 566 g/mol. The number of carboxylic acid groups (broad SMARTS) is 2. The third-order valence-electron chi connectivity index (χ3n) is 4.32. The summed E-state index contributed by atoms with van der Waals surface area (Å²) in [5.41, 5.74) is 0.197. The summed E-state index contributed by atoms with van der Waals surface area (Å²) in [7, 11) is 2.97. The Morgan fingerprint density at radius 1 is 0.789 bits per heavy atom. The zero-order valence-corrected chi connectivity index (χ0v) is 23.6. The molecule has 4 aromatic carbocycles. The number of benzene rings is 3. The molecule has 4 nitrogen and oxygen atoms in total. The van der Waals surface area contributed by atoms with E-state index in [4.69, 9.17) is 10.2 Å². The maximum atomic E-state index is 12.2. The number of carboxylic acids is 2. The van der Waals surface area contributed by atoms with Crippen LogP contribution in [0, 0.1) is 32.6 Å². The Bertz CT molecular complexity index is 1170. The molecule has 5 rings (SSSR count). The molecule has 198 valence electrons. The number of halogens is 2. The van der Waals surface area contributed by atoms with Gasteiger partial charge in [0.25, 0.3) is 0 Å². The van der Waals surface area contributed by atoms with E-state index >= 15 is 0 Å². The molecule has 4 aromatic rings. The number of aromatic carboxylic acids is 2. The third kappa shape index (κ3) is 14.9. The van der Waals surface area contributed by atoms with E-state index in [0.717, 1.165) is 30.7 Å². The Hall–Kier alpha value is -3.52. The summed E-state index contributed by atoms with van der Waals surface area (Å²) in [5.74, 6) is -2.94. The molecule has 0 fully saturated rings. The summed E-state index contributed by atoms with van der Waals surface area (Å²) in [4.78, 5) is 20.4. The average Bonchev–Trinajstić information content (AvgIpc) is 3.62. The largest absolute Gasteiger partial charge is 0.168 e. The van der Waals surface area contributed by atoms with Crippen LogP contribution in [0.2, 0.25) is 0 Å². The fourth-order valence-electron chi connectivity index (χ4n) is 2.60. The monoisotopic (exact) mass is 566 g/mol. The molecule has 1 aliphatic rings. The summed E-state index contributed by atoms with van der Waals surface area (Å²) in [6.45, 7) is 0. The fourth-order valence-corrected chi connectivity index (χ4v) is 2.60. The summed E-state index contributed by atoms with van der Waals surface area (Å²) >= 11 is 1.81. The summed E-state index contributed by atoms with van der Waals surface area (Å²) in [5, 5.41) is 19.4. The van der Waals surface area contributed by atoms with Gasteiger partial charge in [-0.05, 0) is 48.5 Å². The molecule has 0 saturated heterocycles. The van der Waals surface area contributed by atoms with Crippen LogP contribution in [-0.4, -0.2) is 29.8 Å². The summed E-state index contributed by atoms with van der Waals surface area (Å²) < 4.78 is 24.3. The van der Waals surface area contributed by atoms with Crippen LogP contribution >= 0.6 is 0 Å². The van der Waals surface area contributed by atoms with Crippen LogP contribution in [0.5, 0.6) is 0 Å². The van der Waals surface area contributed by atoms with Gasteiger partial charge < -0.3 is 25.1 Å². The molecule has 0 aliphatic heterocycles. The quantitative estimate of drug-likeness (QED) is 0.196. The van der Waals surface area contributed by atoms with Gasteiger partial charge in [-0.15, -0.1) is 36.1 Å². The van der Waals surface area contributed by atoms with Crippen LogP contribution in [0.1, 0.15) is 27.1 Å². The van der Waals surface area contributed by atoms with Gasteiger partial charge in [0, 0.05) is 0 Å². The Morgan fingerprint density at radius 3 is 1.61 bits per heavy atom. The first kappa shape index (κ1) is 36.6. The molecule has 0 heterocycles. The van der Waals surface area contributed by atoms with Crippen molar-refractivity contribution in [1.29, 1.82) is 0 Å². The Kier molecular flexibility index (Phi) is 20.8. The SMILES string of the molecule is O=C(O)c1ccc(F)cc1.O=C(O)c1ccc(F)cc1.[C-]1=CC=CC1.[CH3-].[CH3-].[Si]=[Ti].c1ccc2[cH-]ccc2c1. The summed E-state index contributed by atoms with van der Waals surface area (Å²) in [6, 6.07) is 24.0. The van der Waals surface area contributed by atoms with Gasteiger partial charge in [-0.3, -0.25) is 6.08 Å². The van der Waals surface area contributed by atoms with Gasteiger partial charge >= 0.3 is 38.7 Å². The molecule has 0 bridgehead atoms. The summed E-state index contributed by atoms with van der Waals surface area (Å²) in [6.07, 6.45) is 10.0. The second-order valence-electron chi connectivity index (χ2n) is 6.78. The van der Waals surface area contributed by atoms with Crippen LogP contribution in [0.25, 0.3) is 10.8 Å². The van der Waals surface area contributed by atoms with Crippen molar-refractivity contribution in [3.05, 3.63) is 153 Å². The molecule has 0 aromatic heterocycles. The first-order chi connectivity index (χ1) is 17.4. The normalized spacial score (nSPS) is 9.71. The molecule has 0 saturated carbocycles. The minimum atomic E-state index is -1.04. The molecule has 8 heteroatoms. The number of hydrogen-bond donors (Lipinski definition) is 2. The molecule has 38 heavy (non-hydrogen) atoms. The molecular formula is C30H28F2O4SiTi-4. The van der Waals surface area contributed by atoms with Gasteiger partial charge in [0.2, 0.25) is 0 Å². The van der Waals surface area contributed by atoms with Crippen molar-refractivity contribution in [1.82, 2.24) is 0 Å². The minimum Gasteiger partial charge on any atom is -0.168 e. The number of fused-ring (bicyclic) bond motifs is 1. The molecule has 2 radical (unpaired) electrons. The second-order valence-corrected chi connectivity index (χ2v) is 6.78. The van der Waals surface area contributed by atoms with Gasteiger partial charge in [0.05, 0.1) is 11.1 Å². The maximum Gasteiger partial charge on any atom is -0.0809 e. The standard InChI is InChI=1S/C9H7.2C7H5FO2.C5H5.2CH3.Si.Ti/c1-2-5-9-7-3-6-8(9)4-1;2*8-6-3-1-5(2-4-6)7(9)10;1-2-4-5-3-1;;;;/h1-7H;2*1-4H,(H,9,10);1-3H,4H2;2*1H3;;/q-1;;;3*-1;;. The van der Waals surface area contributed by atoms with Gasteiger partial charge in [-0.25, -0.2) is 30.5 Å². The fraction of sp³-hybridized carbons (Fsp3) is 0.0333. The number of rotatable bonds is 2. The van der Waals surface area contributed by atoms with Crippen LogP contribution in [-0.2, 0) is 19.2 Å². The van der Waals surface area contributed by atoms with E-state index in [2.05, 4.69) is 62.2 Å². The number of carbonyl (C=O) groups is 2. The maximum absolute atomic E-state index is 12.2. The van der Waals surface area contributed by atoms with Gasteiger partial charge in [0.1, 0.15) is 11.6 Å². The first-order valence-electron chi connectivity index (χ1n) is 10.4. The molecule has 0 spiro atoms. The minimum absolute atomic E-state index is 0. The molecule has 0 atom stereocenters. The number of hydrogen-bond acceptors (Lipinski definition) is 2. The van der Waals surface area contributed by atoms with Crippen molar-refractivity contribution in [3.8, 4) is 0 Å². The topological polar surface area (TPSA) is 74.6 Å². The van der Waals surface area contributed by atoms with E-state index in [1.165, 1.54) is 35.0 Å². The van der Waals surface area contributed by atoms with Crippen LogP contribution in [0.4, 0.5) is 8.78 Å². The van der Waals surface area contributed by atoms with Gasteiger partial charge in [-0.1, -0.05) is 6.07 Å². The molecule has 2 N–H and O–H groups in total. The van der Waals surface area contributed by atoms with Gasteiger partial charge in [0.15, 0.2) is 0 Å². The Morgan fingerprint density at radius 2 is 1.26 bits per heavy atom. The van der Waals surface area contributed by atoms with Crippen molar-refractivity contribution < 1.29 is 47.8 Å². The zero-order valence-electron chi connectivity index (χ0n) is 21.1. The zero-order chi connectivity index (χ0) is 26.8. The van der Waals surface area contributed by atoms with E-state index in [-0.39, 0.29) is 26.0 Å². The first-order valence-corrected chi connectivity index (χ1v) is 13.3. The van der Waals surface area contributed by atoms with Crippen LogP contribution in [0.15, 0.2) is 109 Å². The van der Waals surface area contributed by atoms with Crippen molar-refractivity contribution in [2.24, 2.45) is 0 Å². The van der Waals surface area contributed by atoms with E-state index in [0.29, 0.717) is 0 Å². The third-order valence-corrected chi connectivity index (χ3v) is 4.32. The Labute approximate surface area is 236 Å².